The van der Waals surface area contributed by atoms with Crippen LogP contribution in [-0.4, -0.2) is 15.3 Å². The van der Waals surface area contributed by atoms with Gasteiger partial charge in [-0.05, 0) is 43.2 Å². The third-order valence-corrected chi connectivity index (χ3v) is 4.44. The maximum Gasteiger partial charge on any atom is 0.274 e. The summed E-state index contributed by atoms with van der Waals surface area (Å²) < 4.78 is 2.80. The number of aromatic nitrogens is 2. The average molecular weight is 358 g/mol. The second-order valence-corrected chi connectivity index (χ2v) is 5.96. The maximum absolute atomic E-state index is 12.7. The Bertz CT molecular complexity index is 854. The molecule has 1 aromatic carbocycles. The number of aryl methyl sites for hydroxylation is 2. The van der Waals surface area contributed by atoms with Gasteiger partial charge in [-0.2, -0.15) is 0 Å². The molecule has 3 aromatic rings. The van der Waals surface area contributed by atoms with Crippen LogP contribution in [0.3, 0.4) is 0 Å². The molecule has 0 unspecified atom stereocenters. The average Bonchev–Trinajstić information content (AvgIpc) is 2.89. The normalized spacial score (nSPS) is 10.9. The molecule has 0 saturated heterocycles. The SMILES string of the molecule is CCc1nc2ccccn2c1C(=O)Nc1ccc(C)c(Br)c1. The van der Waals surface area contributed by atoms with Crippen LogP contribution in [0.5, 0.6) is 0 Å². The minimum absolute atomic E-state index is 0.147. The number of anilines is 1. The minimum atomic E-state index is -0.147. The fraction of sp³-hybridized carbons (Fsp3) is 0.176. The Balaban J connectivity index is 1.99. The Morgan fingerprint density at radius 2 is 2.14 bits per heavy atom. The molecule has 5 heteroatoms. The lowest BCUT2D eigenvalue weighted by Crippen LogP contribution is -2.16. The molecule has 0 bridgehead atoms. The molecular weight excluding hydrogens is 342 g/mol. The van der Waals surface area contributed by atoms with E-state index in [1.54, 1.807) is 0 Å². The van der Waals surface area contributed by atoms with Gasteiger partial charge in [0.2, 0.25) is 0 Å². The van der Waals surface area contributed by atoms with Crippen molar-refractivity contribution in [2.45, 2.75) is 20.3 Å². The number of nitrogens with zero attached hydrogens (tertiary/aromatic N) is 2. The Kier molecular flexibility index (Phi) is 3.98. The fourth-order valence-electron chi connectivity index (χ4n) is 2.39. The number of fused-ring (bicyclic) bond motifs is 1. The number of carbonyl (C=O) groups is 1. The summed E-state index contributed by atoms with van der Waals surface area (Å²) in [7, 11) is 0. The third-order valence-electron chi connectivity index (χ3n) is 3.58. The molecule has 0 aliphatic carbocycles. The van der Waals surface area contributed by atoms with Crippen molar-refractivity contribution in [1.82, 2.24) is 9.38 Å². The molecule has 0 fully saturated rings. The topological polar surface area (TPSA) is 46.4 Å². The number of halogens is 1. The highest BCUT2D eigenvalue weighted by atomic mass is 79.9. The van der Waals surface area contributed by atoms with Crippen molar-refractivity contribution in [2.24, 2.45) is 0 Å². The van der Waals surface area contributed by atoms with Crippen LogP contribution < -0.4 is 5.32 Å². The highest BCUT2D eigenvalue weighted by Gasteiger charge is 2.18. The Morgan fingerprint density at radius 3 is 2.86 bits per heavy atom. The fourth-order valence-corrected chi connectivity index (χ4v) is 2.77. The molecule has 0 radical (unpaired) electrons. The van der Waals surface area contributed by atoms with Crippen molar-refractivity contribution < 1.29 is 4.79 Å². The van der Waals surface area contributed by atoms with Gasteiger partial charge < -0.3 is 5.32 Å². The lowest BCUT2D eigenvalue weighted by atomic mass is 10.2. The summed E-state index contributed by atoms with van der Waals surface area (Å²) in [5.41, 5.74) is 4.07. The first kappa shape index (κ1) is 14.8. The number of carbonyl (C=O) groups excluding carboxylic acids is 1. The molecule has 112 valence electrons. The van der Waals surface area contributed by atoms with Crippen LogP contribution in [0.1, 0.15) is 28.7 Å². The number of hydrogen-bond donors (Lipinski definition) is 1. The number of rotatable bonds is 3. The van der Waals surface area contributed by atoms with E-state index in [4.69, 9.17) is 0 Å². The van der Waals surface area contributed by atoms with Crippen LogP contribution in [0.2, 0.25) is 0 Å². The Labute approximate surface area is 137 Å². The zero-order valence-corrected chi connectivity index (χ0v) is 14.0. The van der Waals surface area contributed by atoms with Crippen LogP contribution >= 0.6 is 15.9 Å². The van der Waals surface area contributed by atoms with Crippen LogP contribution in [0, 0.1) is 6.92 Å². The van der Waals surface area contributed by atoms with Gasteiger partial charge in [-0.1, -0.05) is 35.0 Å². The van der Waals surface area contributed by atoms with Crippen molar-refractivity contribution in [1.29, 1.82) is 0 Å². The van der Waals surface area contributed by atoms with Crippen molar-refractivity contribution in [3.8, 4) is 0 Å². The maximum atomic E-state index is 12.7. The molecular formula is C17H16BrN3O. The van der Waals surface area contributed by atoms with Gasteiger partial charge in [0.25, 0.3) is 5.91 Å². The predicted octanol–water partition coefficient (Wildman–Crippen LogP) is 4.22. The van der Waals surface area contributed by atoms with Gasteiger partial charge >= 0.3 is 0 Å². The minimum Gasteiger partial charge on any atom is -0.321 e. The van der Waals surface area contributed by atoms with Gasteiger partial charge in [0.1, 0.15) is 11.3 Å². The van der Waals surface area contributed by atoms with Crippen molar-refractivity contribution in [3.63, 3.8) is 0 Å². The number of imidazole rings is 1. The summed E-state index contributed by atoms with van der Waals surface area (Å²) >= 11 is 3.48. The first-order valence-corrected chi connectivity index (χ1v) is 7.93. The molecule has 0 saturated carbocycles. The number of nitrogens with one attached hydrogen (secondary N) is 1. The number of amides is 1. The van der Waals surface area contributed by atoms with E-state index in [1.165, 1.54) is 0 Å². The number of pyridine rings is 1. The van der Waals surface area contributed by atoms with E-state index in [1.807, 2.05) is 60.8 Å². The second kappa shape index (κ2) is 5.93. The lowest BCUT2D eigenvalue weighted by Gasteiger charge is -2.08. The van der Waals surface area contributed by atoms with Crippen LogP contribution in [0.4, 0.5) is 5.69 Å². The van der Waals surface area contributed by atoms with Gasteiger partial charge in [-0.3, -0.25) is 9.20 Å². The van der Waals surface area contributed by atoms with Crippen LogP contribution in [0.25, 0.3) is 5.65 Å². The molecule has 2 heterocycles. The van der Waals surface area contributed by atoms with Gasteiger partial charge in [0.05, 0.1) is 5.69 Å². The van der Waals surface area contributed by atoms with Crippen LogP contribution in [-0.2, 0) is 6.42 Å². The quantitative estimate of drug-likeness (QED) is 0.762. The number of hydrogen-bond acceptors (Lipinski definition) is 2. The molecule has 0 aliphatic rings. The first-order valence-electron chi connectivity index (χ1n) is 7.13. The second-order valence-electron chi connectivity index (χ2n) is 5.11. The molecule has 0 spiro atoms. The summed E-state index contributed by atoms with van der Waals surface area (Å²) in [4.78, 5) is 17.2. The van der Waals surface area contributed by atoms with E-state index >= 15 is 0 Å². The third kappa shape index (κ3) is 2.64. The van der Waals surface area contributed by atoms with Crippen molar-refractivity contribution in [2.75, 3.05) is 5.32 Å². The van der Waals surface area contributed by atoms with Crippen LogP contribution in [0.15, 0.2) is 47.1 Å². The monoisotopic (exact) mass is 357 g/mol. The highest BCUT2D eigenvalue weighted by molar-refractivity contribution is 9.10. The first-order chi connectivity index (χ1) is 10.6. The Morgan fingerprint density at radius 1 is 1.32 bits per heavy atom. The molecule has 0 atom stereocenters. The number of benzene rings is 1. The van der Waals surface area contributed by atoms with Crippen molar-refractivity contribution in [3.05, 3.63) is 64.0 Å². The van der Waals surface area contributed by atoms with Gasteiger partial charge in [-0.15, -0.1) is 0 Å². The summed E-state index contributed by atoms with van der Waals surface area (Å²) in [6.45, 7) is 4.01. The van der Waals surface area contributed by atoms with Crippen molar-refractivity contribution >= 4 is 33.2 Å². The van der Waals surface area contributed by atoms with E-state index in [-0.39, 0.29) is 5.91 Å². The summed E-state index contributed by atoms with van der Waals surface area (Å²) in [6, 6.07) is 11.5. The largest absolute Gasteiger partial charge is 0.321 e. The zero-order chi connectivity index (χ0) is 15.7. The molecule has 4 nitrogen and oxygen atoms in total. The van der Waals surface area contributed by atoms with E-state index in [2.05, 4.69) is 26.2 Å². The summed E-state index contributed by atoms with van der Waals surface area (Å²) in [5.74, 6) is -0.147. The molecule has 2 aromatic heterocycles. The van der Waals surface area contributed by atoms with E-state index in [9.17, 15) is 4.79 Å². The molecule has 3 rings (SSSR count). The molecule has 22 heavy (non-hydrogen) atoms. The Hall–Kier alpha value is -2.14. The van der Waals surface area contributed by atoms with E-state index in [0.717, 1.165) is 27.1 Å². The van der Waals surface area contributed by atoms with Gasteiger partial charge in [-0.25, -0.2) is 4.98 Å². The lowest BCUT2D eigenvalue weighted by molar-refractivity contribution is 0.102. The molecule has 1 amide bonds. The zero-order valence-electron chi connectivity index (χ0n) is 12.4. The smallest absolute Gasteiger partial charge is 0.274 e. The van der Waals surface area contributed by atoms with E-state index < -0.39 is 0 Å². The van der Waals surface area contributed by atoms with E-state index in [0.29, 0.717) is 12.1 Å². The van der Waals surface area contributed by atoms with Gasteiger partial charge in [0, 0.05) is 16.4 Å². The predicted molar refractivity (Wildman–Crippen MR) is 91.4 cm³/mol. The summed E-state index contributed by atoms with van der Waals surface area (Å²) in [6.07, 6.45) is 2.57. The standard InChI is InChI=1S/C17H16BrN3O/c1-3-14-16(21-9-5-4-6-15(21)20-14)17(22)19-12-8-7-11(2)13(18)10-12/h4-10H,3H2,1-2H3,(H,19,22). The molecule has 1 N–H and O–H groups in total. The summed E-state index contributed by atoms with van der Waals surface area (Å²) in [5, 5.41) is 2.95. The highest BCUT2D eigenvalue weighted by Crippen LogP contribution is 2.22. The molecule has 0 aliphatic heterocycles. The van der Waals surface area contributed by atoms with Gasteiger partial charge in [0.15, 0.2) is 0 Å².